The van der Waals surface area contributed by atoms with Crippen LogP contribution in [-0.4, -0.2) is 16.2 Å². The summed E-state index contributed by atoms with van der Waals surface area (Å²) in [6.07, 6.45) is 0. The van der Waals surface area contributed by atoms with Gasteiger partial charge in [-0.1, -0.05) is 12.1 Å². The molecule has 0 aliphatic rings. The highest BCUT2D eigenvalue weighted by Gasteiger charge is 2.11. The molecule has 0 aliphatic carbocycles. The molecule has 0 unspecified atom stereocenters. The van der Waals surface area contributed by atoms with Crippen LogP contribution in [0.25, 0.3) is 16.7 Å². The number of imidazole rings is 1. The molecule has 21 heavy (non-hydrogen) atoms. The van der Waals surface area contributed by atoms with Crippen molar-refractivity contribution >= 4 is 23.3 Å². The summed E-state index contributed by atoms with van der Waals surface area (Å²) in [5, 5.41) is 0. The van der Waals surface area contributed by atoms with Gasteiger partial charge in [0.05, 0.1) is 23.3 Å². The molecule has 0 saturated carbocycles. The van der Waals surface area contributed by atoms with Gasteiger partial charge < -0.3 is 9.72 Å². The van der Waals surface area contributed by atoms with Gasteiger partial charge in [-0.3, -0.25) is 4.57 Å². The van der Waals surface area contributed by atoms with Crippen molar-refractivity contribution in [3.63, 3.8) is 0 Å². The normalized spacial score (nSPS) is 11.0. The first kappa shape index (κ1) is 13.8. The van der Waals surface area contributed by atoms with E-state index in [2.05, 4.69) is 4.98 Å². The second kappa shape index (κ2) is 5.33. The monoisotopic (exact) mass is 302 g/mol. The van der Waals surface area contributed by atoms with Crippen LogP contribution >= 0.6 is 12.2 Å². The van der Waals surface area contributed by atoms with Crippen molar-refractivity contribution in [2.24, 2.45) is 0 Å². The first-order valence-electron chi connectivity index (χ1n) is 6.75. The van der Waals surface area contributed by atoms with E-state index in [-0.39, 0.29) is 11.6 Å². The van der Waals surface area contributed by atoms with E-state index in [0.717, 1.165) is 16.6 Å². The van der Waals surface area contributed by atoms with Gasteiger partial charge in [0, 0.05) is 6.07 Å². The van der Waals surface area contributed by atoms with Crippen molar-refractivity contribution in [3.8, 4) is 11.4 Å². The highest BCUT2D eigenvalue weighted by molar-refractivity contribution is 7.71. The van der Waals surface area contributed by atoms with Crippen LogP contribution in [0.15, 0.2) is 36.4 Å². The SMILES string of the molecule is CCOc1ccc(-n2c(=S)[nH]c3cccc(C)c32)cc1F. The lowest BCUT2D eigenvalue weighted by molar-refractivity contribution is 0.321. The van der Waals surface area contributed by atoms with Gasteiger partial charge in [-0.25, -0.2) is 4.39 Å². The van der Waals surface area contributed by atoms with E-state index < -0.39 is 0 Å². The Balaban J connectivity index is 2.23. The van der Waals surface area contributed by atoms with Crippen molar-refractivity contribution in [2.75, 3.05) is 6.61 Å². The molecule has 0 spiro atoms. The van der Waals surface area contributed by atoms with Gasteiger partial charge in [0.15, 0.2) is 16.3 Å². The Bertz CT molecular complexity index is 866. The molecular weight excluding hydrogens is 287 g/mol. The van der Waals surface area contributed by atoms with Crippen LogP contribution in [0.3, 0.4) is 0 Å². The summed E-state index contributed by atoms with van der Waals surface area (Å²) in [6, 6.07) is 10.8. The van der Waals surface area contributed by atoms with Crippen LogP contribution in [0, 0.1) is 17.5 Å². The average molecular weight is 302 g/mol. The van der Waals surface area contributed by atoms with Gasteiger partial charge in [0.2, 0.25) is 0 Å². The molecule has 1 heterocycles. The van der Waals surface area contributed by atoms with Gasteiger partial charge in [-0.15, -0.1) is 0 Å². The second-order valence-corrected chi connectivity index (χ2v) is 5.17. The number of nitrogens with zero attached hydrogens (tertiary/aromatic N) is 1. The molecule has 0 bridgehead atoms. The Morgan fingerprint density at radius 1 is 1.29 bits per heavy atom. The Morgan fingerprint density at radius 3 is 2.81 bits per heavy atom. The predicted molar refractivity (Wildman–Crippen MR) is 84.3 cm³/mol. The lowest BCUT2D eigenvalue weighted by Gasteiger charge is -2.09. The Hall–Kier alpha value is -2.14. The number of aromatic amines is 1. The smallest absolute Gasteiger partial charge is 0.182 e. The van der Waals surface area contributed by atoms with Crippen LogP contribution in [0.1, 0.15) is 12.5 Å². The van der Waals surface area contributed by atoms with E-state index in [9.17, 15) is 4.39 Å². The number of para-hydroxylation sites is 1. The fourth-order valence-electron chi connectivity index (χ4n) is 2.48. The lowest BCUT2D eigenvalue weighted by Crippen LogP contribution is -1.99. The summed E-state index contributed by atoms with van der Waals surface area (Å²) in [7, 11) is 0. The largest absolute Gasteiger partial charge is 0.491 e. The quantitative estimate of drug-likeness (QED) is 0.720. The number of H-pyrrole nitrogens is 1. The topological polar surface area (TPSA) is 29.9 Å². The minimum Gasteiger partial charge on any atom is -0.491 e. The molecule has 0 fully saturated rings. The zero-order chi connectivity index (χ0) is 15.0. The Morgan fingerprint density at radius 2 is 2.10 bits per heavy atom. The first-order valence-corrected chi connectivity index (χ1v) is 7.15. The summed E-state index contributed by atoms with van der Waals surface area (Å²) < 4.78 is 21.7. The van der Waals surface area contributed by atoms with Gasteiger partial charge in [-0.2, -0.15) is 0 Å². The number of hydrogen-bond acceptors (Lipinski definition) is 2. The van der Waals surface area contributed by atoms with E-state index in [4.69, 9.17) is 17.0 Å². The summed E-state index contributed by atoms with van der Waals surface area (Å²) in [5.41, 5.74) is 3.66. The van der Waals surface area contributed by atoms with E-state index in [1.807, 2.05) is 42.7 Å². The standard InChI is InChI=1S/C16H15FN2OS/c1-3-20-14-8-7-11(9-12(14)17)19-15-10(2)5-4-6-13(15)18-16(19)21/h4-9H,3H2,1-2H3,(H,18,21). The summed E-state index contributed by atoms with van der Waals surface area (Å²) in [6.45, 7) is 4.26. The first-order chi connectivity index (χ1) is 10.1. The van der Waals surface area contributed by atoms with Gasteiger partial charge >= 0.3 is 0 Å². The highest BCUT2D eigenvalue weighted by atomic mass is 32.1. The maximum Gasteiger partial charge on any atom is 0.182 e. The molecule has 0 amide bonds. The lowest BCUT2D eigenvalue weighted by atomic mass is 10.2. The van der Waals surface area contributed by atoms with Crippen LogP contribution in [0.4, 0.5) is 4.39 Å². The number of ether oxygens (including phenoxy) is 1. The zero-order valence-corrected chi connectivity index (χ0v) is 12.6. The number of halogens is 1. The maximum absolute atomic E-state index is 14.1. The summed E-state index contributed by atoms with van der Waals surface area (Å²) in [4.78, 5) is 3.15. The number of aromatic nitrogens is 2. The molecule has 0 atom stereocenters. The van der Waals surface area contributed by atoms with Gasteiger partial charge in [-0.05, 0) is 49.8 Å². The summed E-state index contributed by atoms with van der Waals surface area (Å²) >= 11 is 5.38. The van der Waals surface area contributed by atoms with Crippen molar-refractivity contribution in [1.29, 1.82) is 0 Å². The summed E-state index contributed by atoms with van der Waals surface area (Å²) in [5.74, 6) is -0.136. The van der Waals surface area contributed by atoms with Crippen molar-refractivity contribution in [2.45, 2.75) is 13.8 Å². The van der Waals surface area contributed by atoms with E-state index in [0.29, 0.717) is 17.1 Å². The zero-order valence-electron chi connectivity index (χ0n) is 11.8. The van der Waals surface area contributed by atoms with Crippen molar-refractivity contribution < 1.29 is 9.13 Å². The molecule has 2 aromatic carbocycles. The van der Waals surface area contributed by atoms with Crippen LogP contribution in [0.2, 0.25) is 0 Å². The molecule has 1 N–H and O–H groups in total. The minimum atomic E-state index is -0.390. The molecule has 0 saturated heterocycles. The fourth-order valence-corrected chi connectivity index (χ4v) is 2.78. The van der Waals surface area contributed by atoms with E-state index in [1.54, 1.807) is 6.07 Å². The van der Waals surface area contributed by atoms with Crippen LogP contribution in [-0.2, 0) is 0 Å². The highest BCUT2D eigenvalue weighted by Crippen LogP contribution is 2.26. The van der Waals surface area contributed by atoms with Crippen LogP contribution < -0.4 is 4.74 Å². The predicted octanol–water partition coefficient (Wildman–Crippen LogP) is 4.53. The molecule has 0 radical (unpaired) electrons. The number of fused-ring (bicyclic) bond motifs is 1. The van der Waals surface area contributed by atoms with Crippen LogP contribution in [0.5, 0.6) is 5.75 Å². The Kier molecular flexibility index (Phi) is 3.51. The molecule has 108 valence electrons. The molecular formula is C16H15FN2OS. The van der Waals surface area contributed by atoms with Crippen molar-refractivity contribution in [1.82, 2.24) is 9.55 Å². The number of benzene rings is 2. The van der Waals surface area contributed by atoms with Gasteiger partial charge in [0.25, 0.3) is 0 Å². The molecule has 3 rings (SSSR count). The van der Waals surface area contributed by atoms with E-state index in [1.165, 1.54) is 6.07 Å². The molecule has 0 aliphatic heterocycles. The van der Waals surface area contributed by atoms with Gasteiger partial charge in [0.1, 0.15) is 0 Å². The number of nitrogens with one attached hydrogen (secondary N) is 1. The third-order valence-corrected chi connectivity index (χ3v) is 3.66. The second-order valence-electron chi connectivity index (χ2n) is 4.78. The number of rotatable bonds is 3. The van der Waals surface area contributed by atoms with Crippen molar-refractivity contribution in [3.05, 3.63) is 52.5 Å². The number of aryl methyl sites for hydroxylation is 1. The molecule has 5 heteroatoms. The number of hydrogen-bond donors (Lipinski definition) is 1. The van der Waals surface area contributed by atoms with E-state index >= 15 is 0 Å². The average Bonchev–Trinajstić information content (AvgIpc) is 2.79. The maximum atomic E-state index is 14.1. The minimum absolute atomic E-state index is 0.254. The fraction of sp³-hybridized carbons (Fsp3) is 0.188. The third kappa shape index (κ3) is 2.34. The molecule has 3 nitrogen and oxygen atoms in total. The Labute approximate surface area is 127 Å². The molecule has 1 aromatic heterocycles. The third-order valence-electron chi connectivity index (χ3n) is 3.38. The molecule has 3 aromatic rings.